The first-order valence-electron chi connectivity index (χ1n) is 8.52. The Morgan fingerprint density at radius 3 is 2.55 bits per heavy atom. The molecule has 0 aliphatic heterocycles. The molecule has 1 aromatic heterocycles. The molecule has 1 heterocycles. The first-order chi connectivity index (χ1) is 10.7. The molecule has 0 bridgehead atoms. The Morgan fingerprint density at radius 1 is 1.27 bits per heavy atom. The molecule has 2 saturated carbocycles. The lowest BCUT2D eigenvalue weighted by Crippen LogP contribution is -2.44. The van der Waals surface area contributed by atoms with Crippen LogP contribution in [-0.4, -0.2) is 40.7 Å². The SMILES string of the molecule is Cc1noc(CCCNC(=O)N(CC2CCC2)CC2CC2)n1. The maximum Gasteiger partial charge on any atom is 0.317 e. The number of amides is 2. The van der Waals surface area contributed by atoms with Gasteiger partial charge in [-0.05, 0) is 50.9 Å². The van der Waals surface area contributed by atoms with E-state index in [0.717, 1.165) is 31.3 Å². The minimum Gasteiger partial charge on any atom is -0.339 e. The molecule has 122 valence electrons. The molecule has 2 fully saturated rings. The Morgan fingerprint density at radius 2 is 2.00 bits per heavy atom. The van der Waals surface area contributed by atoms with E-state index in [1.807, 2.05) is 11.8 Å². The number of rotatable bonds is 8. The number of urea groups is 1. The van der Waals surface area contributed by atoms with Gasteiger partial charge in [0.2, 0.25) is 5.89 Å². The average Bonchev–Trinajstić information content (AvgIpc) is 3.18. The molecular weight excluding hydrogens is 280 g/mol. The first-order valence-corrected chi connectivity index (χ1v) is 8.52. The third kappa shape index (κ3) is 4.45. The Kier molecular flexibility index (Phi) is 4.95. The van der Waals surface area contributed by atoms with Crippen molar-refractivity contribution in [2.24, 2.45) is 11.8 Å². The smallest absolute Gasteiger partial charge is 0.317 e. The van der Waals surface area contributed by atoms with Gasteiger partial charge < -0.3 is 14.7 Å². The number of carbonyl (C=O) groups excluding carboxylic acids is 1. The molecule has 0 spiro atoms. The summed E-state index contributed by atoms with van der Waals surface area (Å²) in [4.78, 5) is 18.6. The van der Waals surface area contributed by atoms with E-state index in [0.29, 0.717) is 24.7 Å². The molecule has 6 nitrogen and oxygen atoms in total. The van der Waals surface area contributed by atoms with Gasteiger partial charge in [0.05, 0.1) is 0 Å². The molecular formula is C16H26N4O2. The van der Waals surface area contributed by atoms with Crippen molar-refractivity contribution in [1.29, 1.82) is 0 Å². The second-order valence-corrected chi connectivity index (χ2v) is 6.72. The van der Waals surface area contributed by atoms with Gasteiger partial charge >= 0.3 is 6.03 Å². The fraction of sp³-hybridized carbons (Fsp3) is 0.812. The van der Waals surface area contributed by atoms with Crippen molar-refractivity contribution < 1.29 is 9.32 Å². The maximum absolute atomic E-state index is 12.4. The number of nitrogens with one attached hydrogen (secondary N) is 1. The zero-order valence-corrected chi connectivity index (χ0v) is 13.4. The van der Waals surface area contributed by atoms with Crippen LogP contribution in [0.15, 0.2) is 4.52 Å². The molecule has 2 aliphatic carbocycles. The van der Waals surface area contributed by atoms with Crippen LogP contribution in [0.1, 0.15) is 50.2 Å². The van der Waals surface area contributed by atoms with E-state index in [1.165, 1.54) is 32.1 Å². The Bertz CT molecular complexity index is 494. The largest absolute Gasteiger partial charge is 0.339 e. The van der Waals surface area contributed by atoms with Crippen molar-refractivity contribution in [2.45, 2.75) is 51.9 Å². The van der Waals surface area contributed by atoms with Gasteiger partial charge in [0.25, 0.3) is 0 Å². The van der Waals surface area contributed by atoms with Crippen LogP contribution < -0.4 is 5.32 Å². The zero-order valence-electron chi connectivity index (χ0n) is 13.4. The van der Waals surface area contributed by atoms with Crippen LogP contribution in [0.3, 0.4) is 0 Å². The van der Waals surface area contributed by atoms with E-state index < -0.39 is 0 Å². The highest BCUT2D eigenvalue weighted by Crippen LogP contribution is 2.32. The molecule has 6 heteroatoms. The molecule has 2 amide bonds. The summed E-state index contributed by atoms with van der Waals surface area (Å²) in [6.07, 6.45) is 8.00. The Balaban J connectivity index is 1.37. The lowest BCUT2D eigenvalue weighted by Gasteiger charge is -2.32. The number of aromatic nitrogens is 2. The standard InChI is InChI=1S/C16H26N4O2/c1-12-18-15(22-19-12)6-3-9-17-16(21)20(11-14-7-8-14)10-13-4-2-5-13/h13-14H,2-11H2,1H3,(H,17,21). The first kappa shape index (κ1) is 15.3. The monoisotopic (exact) mass is 306 g/mol. The number of carbonyl (C=O) groups is 1. The van der Waals surface area contributed by atoms with E-state index >= 15 is 0 Å². The summed E-state index contributed by atoms with van der Waals surface area (Å²) in [6, 6.07) is 0.0977. The van der Waals surface area contributed by atoms with Crippen molar-refractivity contribution in [1.82, 2.24) is 20.4 Å². The summed E-state index contributed by atoms with van der Waals surface area (Å²) in [5.74, 6) is 2.78. The second-order valence-electron chi connectivity index (χ2n) is 6.72. The molecule has 0 atom stereocenters. The summed E-state index contributed by atoms with van der Waals surface area (Å²) >= 11 is 0. The minimum absolute atomic E-state index is 0.0977. The quantitative estimate of drug-likeness (QED) is 0.749. The summed E-state index contributed by atoms with van der Waals surface area (Å²) < 4.78 is 5.07. The fourth-order valence-corrected chi connectivity index (χ4v) is 2.83. The van der Waals surface area contributed by atoms with Crippen LogP contribution >= 0.6 is 0 Å². The summed E-state index contributed by atoms with van der Waals surface area (Å²) in [7, 11) is 0. The van der Waals surface area contributed by atoms with Crippen molar-refractivity contribution in [3.05, 3.63) is 11.7 Å². The topological polar surface area (TPSA) is 71.3 Å². The van der Waals surface area contributed by atoms with Crippen LogP contribution in [0.2, 0.25) is 0 Å². The minimum atomic E-state index is 0.0977. The van der Waals surface area contributed by atoms with Gasteiger partial charge in [0.15, 0.2) is 5.82 Å². The summed E-state index contributed by atoms with van der Waals surface area (Å²) in [6.45, 7) is 4.34. The van der Waals surface area contributed by atoms with Crippen molar-refractivity contribution in [3.63, 3.8) is 0 Å². The van der Waals surface area contributed by atoms with Crippen LogP contribution in [0, 0.1) is 18.8 Å². The summed E-state index contributed by atoms with van der Waals surface area (Å²) in [5, 5.41) is 6.81. The molecule has 0 radical (unpaired) electrons. The van der Waals surface area contributed by atoms with E-state index in [9.17, 15) is 4.79 Å². The summed E-state index contributed by atoms with van der Waals surface area (Å²) in [5.41, 5.74) is 0. The molecule has 0 aromatic carbocycles. The van der Waals surface area contributed by atoms with Crippen LogP contribution in [0.5, 0.6) is 0 Å². The number of hydrogen-bond donors (Lipinski definition) is 1. The van der Waals surface area contributed by atoms with Crippen molar-refractivity contribution >= 4 is 6.03 Å². The lowest BCUT2D eigenvalue weighted by atomic mass is 9.85. The fourth-order valence-electron chi connectivity index (χ4n) is 2.83. The zero-order chi connectivity index (χ0) is 15.4. The molecule has 1 N–H and O–H groups in total. The number of hydrogen-bond acceptors (Lipinski definition) is 4. The predicted octanol–water partition coefficient (Wildman–Crippen LogP) is 2.53. The van der Waals surface area contributed by atoms with Gasteiger partial charge in [-0.2, -0.15) is 4.98 Å². The molecule has 0 saturated heterocycles. The van der Waals surface area contributed by atoms with Crippen LogP contribution in [0.4, 0.5) is 4.79 Å². The van der Waals surface area contributed by atoms with Gasteiger partial charge in [-0.1, -0.05) is 11.6 Å². The molecule has 0 unspecified atom stereocenters. The third-order valence-corrected chi connectivity index (χ3v) is 4.58. The maximum atomic E-state index is 12.4. The van der Waals surface area contributed by atoms with Gasteiger partial charge in [0.1, 0.15) is 0 Å². The van der Waals surface area contributed by atoms with E-state index in [4.69, 9.17) is 4.52 Å². The Hall–Kier alpha value is -1.59. The molecule has 22 heavy (non-hydrogen) atoms. The molecule has 1 aromatic rings. The normalized spacial score (nSPS) is 18.0. The van der Waals surface area contributed by atoms with Crippen molar-refractivity contribution in [2.75, 3.05) is 19.6 Å². The van der Waals surface area contributed by atoms with Gasteiger partial charge in [0, 0.05) is 26.1 Å². The van der Waals surface area contributed by atoms with Gasteiger partial charge in [-0.25, -0.2) is 4.79 Å². The lowest BCUT2D eigenvalue weighted by molar-refractivity contribution is 0.164. The van der Waals surface area contributed by atoms with Crippen molar-refractivity contribution in [3.8, 4) is 0 Å². The van der Waals surface area contributed by atoms with Gasteiger partial charge in [-0.15, -0.1) is 0 Å². The highest BCUT2D eigenvalue weighted by molar-refractivity contribution is 5.74. The van der Waals surface area contributed by atoms with Gasteiger partial charge in [-0.3, -0.25) is 0 Å². The highest BCUT2D eigenvalue weighted by Gasteiger charge is 2.29. The van der Waals surface area contributed by atoms with E-state index in [2.05, 4.69) is 15.5 Å². The van der Waals surface area contributed by atoms with Crippen LogP contribution in [-0.2, 0) is 6.42 Å². The number of aryl methyl sites for hydroxylation is 2. The highest BCUT2D eigenvalue weighted by atomic mass is 16.5. The third-order valence-electron chi connectivity index (χ3n) is 4.58. The van der Waals surface area contributed by atoms with E-state index in [1.54, 1.807) is 0 Å². The molecule has 3 rings (SSSR count). The second kappa shape index (κ2) is 7.11. The average molecular weight is 306 g/mol. The number of nitrogens with zero attached hydrogens (tertiary/aromatic N) is 3. The Labute approximate surface area is 131 Å². The predicted molar refractivity (Wildman–Crippen MR) is 82.4 cm³/mol. The van der Waals surface area contributed by atoms with Crippen LogP contribution in [0.25, 0.3) is 0 Å². The molecule has 2 aliphatic rings. The van der Waals surface area contributed by atoms with E-state index in [-0.39, 0.29) is 6.03 Å².